The number of carbonyl (C=O) groups excluding carboxylic acids is 1. The highest BCUT2D eigenvalue weighted by Gasteiger charge is 2.19. The maximum atomic E-state index is 12.6. The van der Waals surface area contributed by atoms with Crippen LogP contribution in [-0.4, -0.2) is 10.8 Å². The quantitative estimate of drug-likeness (QED) is 0.546. The van der Waals surface area contributed by atoms with E-state index in [0.717, 1.165) is 18.2 Å². The first kappa shape index (κ1) is 15.6. The number of anilines is 1. The maximum Gasteiger partial charge on any atom is 0.270 e. The number of halogens is 1. The Morgan fingerprint density at radius 1 is 1.08 bits per heavy atom. The van der Waals surface area contributed by atoms with E-state index >= 15 is 0 Å². The minimum absolute atomic E-state index is 0.0825. The van der Waals surface area contributed by atoms with E-state index in [1.807, 2.05) is 24.3 Å². The molecule has 0 saturated carbocycles. The summed E-state index contributed by atoms with van der Waals surface area (Å²) >= 11 is 6.06. The van der Waals surface area contributed by atoms with Gasteiger partial charge in [0.1, 0.15) is 0 Å². The fourth-order valence-electron chi connectivity index (χ4n) is 3.35. The summed E-state index contributed by atoms with van der Waals surface area (Å²) in [6, 6.07) is 13.8. The Balaban J connectivity index is 1.74. The zero-order valence-electron chi connectivity index (χ0n) is 13.1. The Hall–Kier alpha value is -2.92. The third-order valence-corrected chi connectivity index (χ3v) is 4.86. The van der Waals surface area contributed by atoms with Crippen LogP contribution >= 0.6 is 11.6 Å². The van der Waals surface area contributed by atoms with Crippen LogP contribution in [-0.2, 0) is 12.8 Å². The van der Waals surface area contributed by atoms with Crippen LogP contribution in [0.2, 0.25) is 5.02 Å². The van der Waals surface area contributed by atoms with Crippen LogP contribution < -0.4 is 5.32 Å². The molecule has 0 saturated heterocycles. The normalized spacial score (nSPS) is 12.4. The predicted molar refractivity (Wildman–Crippen MR) is 97.4 cm³/mol. The Morgan fingerprint density at radius 2 is 1.84 bits per heavy atom. The third-order valence-electron chi connectivity index (χ3n) is 4.53. The van der Waals surface area contributed by atoms with Crippen LogP contribution in [0.1, 0.15) is 21.5 Å². The Morgan fingerprint density at radius 3 is 2.60 bits per heavy atom. The number of non-ortho nitro benzene ring substituents is 1. The summed E-state index contributed by atoms with van der Waals surface area (Å²) in [7, 11) is 0. The molecule has 0 aliphatic heterocycles. The lowest BCUT2D eigenvalue weighted by Gasteiger charge is -2.11. The molecule has 6 heteroatoms. The molecule has 0 spiro atoms. The smallest absolute Gasteiger partial charge is 0.270 e. The fraction of sp³-hybridized carbons (Fsp3) is 0.105. The second-order valence-corrected chi connectivity index (χ2v) is 6.39. The molecule has 1 aliphatic rings. The molecule has 1 amide bonds. The van der Waals surface area contributed by atoms with Gasteiger partial charge in [0.15, 0.2) is 0 Å². The van der Waals surface area contributed by atoms with Crippen LogP contribution in [0.15, 0.2) is 48.5 Å². The molecular formula is C19H13ClN2O3. The highest BCUT2D eigenvalue weighted by Crippen LogP contribution is 2.35. The Bertz CT molecular complexity index is 1040. The summed E-state index contributed by atoms with van der Waals surface area (Å²) in [4.78, 5) is 23.0. The average Bonchev–Trinajstić information content (AvgIpc) is 3.02. The minimum Gasteiger partial charge on any atom is -0.321 e. The van der Waals surface area contributed by atoms with Gasteiger partial charge in [-0.05, 0) is 41.5 Å². The summed E-state index contributed by atoms with van der Waals surface area (Å²) in [5.74, 6) is -0.465. The molecule has 0 radical (unpaired) electrons. The summed E-state index contributed by atoms with van der Waals surface area (Å²) in [6.45, 7) is 0. The van der Waals surface area contributed by atoms with Crippen LogP contribution in [0.4, 0.5) is 11.4 Å². The summed E-state index contributed by atoms with van der Waals surface area (Å²) in [6.07, 6.45) is 2.00. The van der Waals surface area contributed by atoms with Crippen molar-refractivity contribution in [3.63, 3.8) is 0 Å². The maximum absolute atomic E-state index is 12.6. The van der Waals surface area contributed by atoms with Gasteiger partial charge in [0.25, 0.3) is 11.6 Å². The van der Waals surface area contributed by atoms with Gasteiger partial charge in [0, 0.05) is 23.2 Å². The van der Waals surface area contributed by atoms with Crippen LogP contribution in [0.5, 0.6) is 0 Å². The molecule has 0 bridgehead atoms. The first-order valence-electron chi connectivity index (χ1n) is 7.83. The minimum atomic E-state index is -0.550. The third kappa shape index (κ3) is 2.62. The lowest BCUT2D eigenvalue weighted by atomic mass is 10.0. The zero-order valence-corrected chi connectivity index (χ0v) is 13.8. The van der Waals surface area contributed by atoms with E-state index in [9.17, 15) is 14.9 Å². The van der Waals surface area contributed by atoms with E-state index in [2.05, 4.69) is 11.4 Å². The van der Waals surface area contributed by atoms with Gasteiger partial charge in [0.2, 0.25) is 0 Å². The van der Waals surface area contributed by atoms with Gasteiger partial charge in [-0.2, -0.15) is 0 Å². The first-order valence-corrected chi connectivity index (χ1v) is 8.21. The van der Waals surface area contributed by atoms with E-state index in [-0.39, 0.29) is 16.3 Å². The lowest BCUT2D eigenvalue weighted by Crippen LogP contribution is -2.13. The molecule has 25 heavy (non-hydrogen) atoms. The van der Waals surface area contributed by atoms with E-state index in [1.54, 1.807) is 0 Å². The lowest BCUT2D eigenvalue weighted by molar-refractivity contribution is -0.384. The van der Waals surface area contributed by atoms with E-state index in [1.165, 1.54) is 34.7 Å². The molecule has 5 nitrogen and oxygen atoms in total. The topological polar surface area (TPSA) is 72.2 Å². The van der Waals surface area contributed by atoms with E-state index in [4.69, 9.17) is 11.6 Å². The molecule has 1 N–H and O–H groups in total. The number of hydrogen-bond acceptors (Lipinski definition) is 3. The summed E-state index contributed by atoms with van der Waals surface area (Å²) < 4.78 is 0. The molecule has 0 heterocycles. The van der Waals surface area contributed by atoms with Crippen molar-refractivity contribution in [3.8, 4) is 0 Å². The number of nitro groups is 1. The van der Waals surface area contributed by atoms with Gasteiger partial charge in [0.05, 0.1) is 15.5 Å². The molecule has 0 unspecified atom stereocenters. The van der Waals surface area contributed by atoms with Crippen molar-refractivity contribution in [1.29, 1.82) is 0 Å². The predicted octanol–water partition coefficient (Wildman–Crippen LogP) is 4.75. The Kier molecular flexibility index (Phi) is 3.66. The largest absolute Gasteiger partial charge is 0.321 e. The standard InChI is InChI=1S/C19H13ClN2O3/c20-16-8-7-13(22(24)25)10-15(16)19(23)21-17-9-6-12-5-4-11-2-1-3-14(17)18(11)12/h1-3,6-10H,4-5H2,(H,21,23). The van der Waals surface area contributed by atoms with Crippen molar-refractivity contribution >= 4 is 39.7 Å². The number of benzene rings is 3. The number of rotatable bonds is 3. The van der Waals surface area contributed by atoms with E-state index < -0.39 is 10.8 Å². The van der Waals surface area contributed by atoms with Gasteiger partial charge in [-0.3, -0.25) is 14.9 Å². The number of amides is 1. The van der Waals surface area contributed by atoms with Crippen molar-refractivity contribution in [2.75, 3.05) is 5.32 Å². The summed E-state index contributed by atoms with van der Waals surface area (Å²) in [5, 5.41) is 16.1. The van der Waals surface area contributed by atoms with Crippen LogP contribution in [0.25, 0.3) is 10.8 Å². The Labute approximate surface area is 148 Å². The molecular weight excluding hydrogens is 340 g/mol. The number of nitro benzene ring substituents is 1. The van der Waals surface area contributed by atoms with Crippen molar-refractivity contribution in [1.82, 2.24) is 0 Å². The highest BCUT2D eigenvalue weighted by molar-refractivity contribution is 6.34. The van der Waals surface area contributed by atoms with Crippen molar-refractivity contribution in [3.05, 3.63) is 80.4 Å². The highest BCUT2D eigenvalue weighted by atomic mass is 35.5. The summed E-state index contributed by atoms with van der Waals surface area (Å²) in [5.41, 5.74) is 3.14. The molecule has 1 aliphatic carbocycles. The molecule has 3 aromatic carbocycles. The number of carbonyl (C=O) groups is 1. The molecule has 0 aromatic heterocycles. The van der Waals surface area contributed by atoms with Crippen LogP contribution in [0, 0.1) is 10.1 Å². The number of nitrogens with one attached hydrogen (secondary N) is 1. The van der Waals surface area contributed by atoms with Crippen molar-refractivity contribution < 1.29 is 9.72 Å². The van der Waals surface area contributed by atoms with Gasteiger partial charge >= 0.3 is 0 Å². The van der Waals surface area contributed by atoms with Gasteiger partial charge in [-0.1, -0.05) is 35.9 Å². The second-order valence-electron chi connectivity index (χ2n) is 5.99. The number of aryl methyl sites for hydroxylation is 2. The van der Waals surface area contributed by atoms with Gasteiger partial charge in [-0.25, -0.2) is 0 Å². The van der Waals surface area contributed by atoms with Gasteiger partial charge < -0.3 is 5.32 Å². The first-order chi connectivity index (χ1) is 12.0. The molecule has 0 fully saturated rings. The molecule has 0 atom stereocenters. The fourth-order valence-corrected chi connectivity index (χ4v) is 3.55. The number of hydrogen-bond donors (Lipinski definition) is 1. The van der Waals surface area contributed by atoms with Gasteiger partial charge in [-0.15, -0.1) is 0 Å². The molecule has 3 aromatic rings. The SMILES string of the molecule is O=C(Nc1ccc2c3c(cccc13)CC2)c1cc([N+](=O)[O-])ccc1Cl. The molecule has 4 rings (SSSR count). The van der Waals surface area contributed by atoms with Crippen molar-refractivity contribution in [2.45, 2.75) is 12.8 Å². The number of nitrogens with zero attached hydrogens (tertiary/aromatic N) is 1. The average molecular weight is 353 g/mol. The van der Waals surface area contributed by atoms with Crippen molar-refractivity contribution in [2.24, 2.45) is 0 Å². The zero-order chi connectivity index (χ0) is 17.6. The molecule has 124 valence electrons. The van der Waals surface area contributed by atoms with Crippen LogP contribution in [0.3, 0.4) is 0 Å². The monoisotopic (exact) mass is 352 g/mol. The van der Waals surface area contributed by atoms with E-state index in [0.29, 0.717) is 5.69 Å². The second kappa shape index (κ2) is 5.86.